The van der Waals surface area contributed by atoms with Gasteiger partial charge >= 0.3 is 6.09 Å². The quantitative estimate of drug-likeness (QED) is 0.903. The second-order valence-electron chi connectivity index (χ2n) is 6.71. The molecule has 4 heteroatoms. The van der Waals surface area contributed by atoms with E-state index in [1.807, 2.05) is 32.0 Å². The van der Waals surface area contributed by atoms with Crippen LogP contribution in [0.15, 0.2) is 42.5 Å². The minimum atomic E-state index is -0.765. The normalized spacial score (nSPS) is 18.7. The van der Waals surface area contributed by atoms with E-state index in [0.29, 0.717) is 6.61 Å². The zero-order valence-electron chi connectivity index (χ0n) is 13.6. The maximum atomic E-state index is 11.2. The molecule has 120 valence electrons. The van der Waals surface area contributed by atoms with Crippen molar-refractivity contribution < 1.29 is 14.3 Å². The second kappa shape index (κ2) is 5.61. The first-order valence-electron chi connectivity index (χ1n) is 7.67. The first-order chi connectivity index (χ1) is 10.9. The van der Waals surface area contributed by atoms with Crippen LogP contribution in [0.3, 0.4) is 0 Å². The van der Waals surface area contributed by atoms with Gasteiger partial charge in [-0.25, -0.2) is 4.79 Å². The lowest BCUT2D eigenvalue weighted by Gasteiger charge is -2.38. The number of hydrogen-bond donors (Lipinski definition) is 1. The van der Waals surface area contributed by atoms with Gasteiger partial charge in [-0.15, -0.1) is 0 Å². The van der Waals surface area contributed by atoms with Crippen molar-refractivity contribution in [3.8, 4) is 16.9 Å². The molecule has 1 aliphatic heterocycles. The van der Waals surface area contributed by atoms with Gasteiger partial charge in [0.2, 0.25) is 0 Å². The lowest BCUT2D eigenvalue weighted by Crippen LogP contribution is -2.37. The number of amides is 1. The Bertz CT molecular complexity index is 735. The molecular weight excluding hydrogens is 290 g/mol. The van der Waals surface area contributed by atoms with Crippen LogP contribution in [0, 0.1) is 12.3 Å². The molecule has 4 nitrogen and oxygen atoms in total. The van der Waals surface area contributed by atoms with E-state index >= 15 is 0 Å². The third-order valence-electron chi connectivity index (χ3n) is 4.22. The molecule has 0 saturated heterocycles. The van der Waals surface area contributed by atoms with Gasteiger partial charge in [-0.3, -0.25) is 0 Å². The summed E-state index contributed by atoms with van der Waals surface area (Å²) in [4.78, 5) is 11.2. The van der Waals surface area contributed by atoms with Crippen LogP contribution in [0.5, 0.6) is 5.75 Å². The van der Waals surface area contributed by atoms with E-state index in [4.69, 9.17) is 15.2 Å². The zero-order chi connectivity index (χ0) is 16.6. The van der Waals surface area contributed by atoms with Gasteiger partial charge in [0.15, 0.2) is 0 Å². The Balaban J connectivity index is 2.00. The van der Waals surface area contributed by atoms with E-state index in [0.717, 1.165) is 22.4 Å². The zero-order valence-corrected chi connectivity index (χ0v) is 13.6. The van der Waals surface area contributed by atoms with E-state index in [1.165, 1.54) is 5.56 Å². The minimum absolute atomic E-state index is 0.326. The summed E-state index contributed by atoms with van der Waals surface area (Å²) in [6, 6.07) is 14.3. The van der Waals surface area contributed by atoms with Gasteiger partial charge in [0, 0.05) is 11.0 Å². The number of carbonyl (C=O) groups is 1. The second-order valence-corrected chi connectivity index (χ2v) is 6.71. The summed E-state index contributed by atoms with van der Waals surface area (Å²) in [6.45, 7) is 6.53. The first kappa shape index (κ1) is 15.4. The molecule has 0 aromatic heterocycles. The van der Waals surface area contributed by atoms with Gasteiger partial charge in [-0.1, -0.05) is 55.8 Å². The summed E-state index contributed by atoms with van der Waals surface area (Å²) in [7, 11) is 0. The molecule has 2 N–H and O–H groups in total. The van der Waals surface area contributed by atoms with Crippen LogP contribution < -0.4 is 10.5 Å². The Morgan fingerprint density at radius 1 is 1.17 bits per heavy atom. The van der Waals surface area contributed by atoms with Gasteiger partial charge in [-0.05, 0) is 24.1 Å². The van der Waals surface area contributed by atoms with Crippen LogP contribution in [-0.2, 0) is 4.74 Å². The molecule has 2 aromatic carbocycles. The summed E-state index contributed by atoms with van der Waals surface area (Å²) in [5.74, 6) is 0.744. The maximum absolute atomic E-state index is 11.2. The Morgan fingerprint density at radius 2 is 1.83 bits per heavy atom. The number of nitrogens with two attached hydrogens (primary N) is 1. The molecule has 0 radical (unpaired) electrons. The number of primary amides is 1. The fourth-order valence-corrected chi connectivity index (χ4v) is 2.90. The van der Waals surface area contributed by atoms with Gasteiger partial charge in [0.1, 0.15) is 11.9 Å². The Morgan fingerprint density at radius 3 is 2.48 bits per heavy atom. The van der Waals surface area contributed by atoms with Gasteiger partial charge < -0.3 is 15.2 Å². The molecule has 1 aliphatic rings. The van der Waals surface area contributed by atoms with Crippen LogP contribution in [0.25, 0.3) is 11.1 Å². The fourth-order valence-electron chi connectivity index (χ4n) is 2.90. The van der Waals surface area contributed by atoms with Crippen LogP contribution in [0.4, 0.5) is 4.79 Å². The van der Waals surface area contributed by atoms with E-state index in [-0.39, 0.29) is 5.41 Å². The average molecular weight is 311 g/mol. The third-order valence-corrected chi connectivity index (χ3v) is 4.22. The molecule has 23 heavy (non-hydrogen) atoms. The van der Waals surface area contributed by atoms with Crippen molar-refractivity contribution in [1.82, 2.24) is 0 Å². The number of aryl methyl sites for hydroxylation is 1. The predicted molar refractivity (Wildman–Crippen MR) is 89.3 cm³/mol. The van der Waals surface area contributed by atoms with Crippen LogP contribution in [0.1, 0.15) is 31.1 Å². The molecule has 0 fully saturated rings. The van der Waals surface area contributed by atoms with Crippen molar-refractivity contribution in [2.45, 2.75) is 26.9 Å². The largest absolute Gasteiger partial charge is 0.492 e. The molecular formula is C19H21NO3. The topological polar surface area (TPSA) is 61.6 Å². The number of hydrogen-bond acceptors (Lipinski definition) is 3. The van der Waals surface area contributed by atoms with Gasteiger partial charge in [0.25, 0.3) is 0 Å². The molecule has 1 amide bonds. The van der Waals surface area contributed by atoms with E-state index in [2.05, 4.69) is 31.2 Å². The summed E-state index contributed by atoms with van der Waals surface area (Å²) < 4.78 is 11.3. The number of benzene rings is 2. The monoisotopic (exact) mass is 311 g/mol. The number of rotatable bonds is 2. The highest BCUT2D eigenvalue weighted by atomic mass is 16.6. The van der Waals surface area contributed by atoms with Crippen molar-refractivity contribution in [1.29, 1.82) is 0 Å². The highest BCUT2D eigenvalue weighted by molar-refractivity contribution is 5.68. The molecule has 0 saturated carbocycles. The van der Waals surface area contributed by atoms with Crippen molar-refractivity contribution in [3.63, 3.8) is 0 Å². The minimum Gasteiger partial charge on any atom is -0.492 e. The Kier molecular flexibility index (Phi) is 3.76. The number of fused-ring (bicyclic) bond motifs is 1. The lowest BCUT2D eigenvalue weighted by atomic mass is 9.80. The molecule has 1 heterocycles. The highest BCUT2D eigenvalue weighted by Gasteiger charge is 2.40. The number of carbonyl (C=O) groups excluding carboxylic acids is 1. The van der Waals surface area contributed by atoms with Crippen LogP contribution in [0.2, 0.25) is 0 Å². The van der Waals surface area contributed by atoms with Crippen molar-refractivity contribution in [2.24, 2.45) is 11.1 Å². The number of ether oxygens (including phenoxy) is 2. The first-order valence-corrected chi connectivity index (χ1v) is 7.67. The highest BCUT2D eigenvalue weighted by Crippen LogP contribution is 2.46. The fraction of sp³-hybridized carbons (Fsp3) is 0.316. The van der Waals surface area contributed by atoms with E-state index in [9.17, 15) is 4.79 Å². The third kappa shape index (κ3) is 3.02. The Hall–Kier alpha value is -2.49. The molecule has 1 atom stereocenters. The Labute approximate surface area is 136 Å². The van der Waals surface area contributed by atoms with Crippen LogP contribution >= 0.6 is 0 Å². The molecule has 0 spiro atoms. The summed E-state index contributed by atoms with van der Waals surface area (Å²) in [5, 5.41) is 0. The van der Waals surface area contributed by atoms with E-state index < -0.39 is 12.2 Å². The smallest absolute Gasteiger partial charge is 0.405 e. The van der Waals surface area contributed by atoms with Crippen molar-refractivity contribution in [2.75, 3.05) is 6.61 Å². The predicted octanol–water partition coefficient (Wildman–Crippen LogP) is 4.22. The molecule has 1 unspecified atom stereocenters. The summed E-state index contributed by atoms with van der Waals surface area (Å²) in [6.07, 6.45) is -1.17. The summed E-state index contributed by atoms with van der Waals surface area (Å²) in [5.41, 5.74) is 9.18. The lowest BCUT2D eigenvalue weighted by molar-refractivity contribution is -0.0176. The molecule has 2 aromatic rings. The average Bonchev–Trinajstić information content (AvgIpc) is 2.50. The van der Waals surface area contributed by atoms with Crippen molar-refractivity contribution >= 4 is 6.09 Å². The molecule has 0 aliphatic carbocycles. The van der Waals surface area contributed by atoms with Crippen LogP contribution in [-0.4, -0.2) is 12.7 Å². The van der Waals surface area contributed by atoms with Crippen molar-refractivity contribution in [3.05, 3.63) is 53.6 Å². The summed E-state index contributed by atoms with van der Waals surface area (Å²) >= 11 is 0. The molecule has 3 rings (SSSR count). The standard InChI is InChI=1S/C19H21NO3/c1-12-4-6-13(7-5-12)14-8-9-15-16(10-14)22-11-19(2,3)17(15)23-18(20)21/h4-10,17H,11H2,1-3H3,(H2,20,21). The van der Waals surface area contributed by atoms with Gasteiger partial charge in [0.05, 0.1) is 6.61 Å². The SMILES string of the molecule is Cc1ccc(-c2ccc3c(c2)OCC(C)(C)C3OC(N)=O)cc1. The van der Waals surface area contributed by atoms with Gasteiger partial charge in [-0.2, -0.15) is 0 Å². The maximum Gasteiger partial charge on any atom is 0.405 e. The molecule has 0 bridgehead atoms. The van der Waals surface area contributed by atoms with E-state index in [1.54, 1.807) is 0 Å².